The van der Waals surface area contributed by atoms with Crippen LogP contribution in [0.5, 0.6) is 0 Å². The molecule has 0 bridgehead atoms. The molecule has 0 radical (unpaired) electrons. The minimum atomic E-state index is 0.702. The lowest BCUT2D eigenvalue weighted by atomic mass is 10.0. The van der Waals surface area contributed by atoms with Gasteiger partial charge in [-0.05, 0) is 34.4 Å². The molecule has 6 aromatic rings. The molecule has 0 aliphatic carbocycles. The average Bonchev–Trinajstić information content (AvgIpc) is 3.29. The third kappa shape index (κ3) is 3.20. The molecular formula is C28H18BrN3. The Morgan fingerprint density at radius 2 is 1.22 bits per heavy atom. The maximum Gasteiger partial charge on any atom is 0.182 e. The summed E-state index contributed by atoms with van der Waals surface area (Å²) >= 11 is 3.52. The number of hydrogen-bond acceptors (Lipinski definition) is 2. The topological polar surface area (TPSA) is 30.7 Å². The molecule has 4 heteroatoms. The highest BCUT2D eigenvalue weighted by Crippen LogP contribution is 2.33. The van der Waals surface area contributed by atoms with Crippen LogP contribution in [-0.2, 0) is 0 Å². The predicted molar refractivity (Wildman–Crippen MR) is 135 cm³/mol. The Labute approximate surface area is 194 Å². The zero-order valence-corrected chi connectivity index (χ0v) is 18.7. The lowest BCUT2D eigenvalue weighted by Gasteiger charge is -2.11. The Morgan fingerprint density at radius 1 is 0.594 bits per heavy atom. The molecule has 0 amide bonds. The van der Waals surface area contributed by atoms with Crippen molar-refractivity contribution in [3.8, 4) is 28.5 Å². The molecule has 0 fully saturated rings. The van der Waals surface area contributed by atoms with Gasteiger partial charge in [0, 0.05) is 21.0 Å². The first-order chi connectivity index (χ1) is 15.8. The molecule has 0 unspecified atom stereocenters. The minimum absolute atomic E-state index is 0.702. The molecule has 32 heavy (non-hydrogen) atoms. The lowest BCUT2D eigenvalue weighted by Crippen LogP contribution is -2.01. The van der Waals surface area contributed by atoms with E-state index in [0.717, 1.165) is 37.9 Å². The van der Waals surface area contributed by atoms with Gasteiger partial charge in [0.1, 0.15) is 0 Å². The van der Waals surface area contributed by atoms with Crippen molar-refractivity contribution < 1.29 is 0 Å². The molecular weight excluding hydrogens is 458 g/mol. The van der Waals surface area contributed by atoms with Crippen LogP contribution in [0.4, 0.5) is 0 Å². The Bertz CT molecular complexity index is 1480. The van der Waals surface area contributed by atoms with Crippen LogP contribution in [0.2, 0.25) is 0 Å². The summed E-state index contributed by atoms with van der Waals surface area (Å²) < 4.78 is 3.02. The molecule has 0 aliphatic rings. The van der Waals surface area contributed by atoms with Crippen molar-refractivity contribution in [2.24, 2.45) is 0 Å². The highest BCUT2D eigenvalue weighted by atomic mass is 79.9. The van der Waals surface area contributed by atoms with Crippen molar-refractivity contribution in [3.63, 3.8) is 0 Å². The van der Waals surface area contributed by atoms with E-state index < -0.39 is 0 Å². The summed E-state index contributed by atoms with van der Waals surface area (Å²) in [5.41, 5.74) is 3.06. The lowest BCUT2D eigenvalue weighted by molar-refractivity contribution is 0.898. The zero-order chi connectivity index (χ0) is 21.5. The van der Waals surface area contributed by atoms with Crippen LogP contribution in [0.25, 0.3) is 50.0 Å². The van der Waals surface area contributed by atoms with E-state index in [1.807, 2.05) is 28.9 Å². The summed E-state index contributed by atoms with van der Waals surface area (Å²) in [5.74, 6) is 1.53. The molecule has 0 saturated carbocycles. The van der Waals surface area contributed by atoms with E-state index in [1.165, 1.54) is 10.8 Å². The van der Waals surface area contributed by atoms with Gasteiger partial charge >= 0.3 is 0 Å². The van der Waals surface area contributed by atoms with Gasteiger partial charge in [0.05, 0.1) is 5.69 Å². The summed E-state index contributed by atoms with van der Waals surface area (Å²) in [4.78, 5) is 5.05. The monoisotopic (exact) mass is 475 g/mol. The Kier molecular flexibility index (Phi) is 4.58. The molecule has 0 N–H and O–H groups in total. The van der Waals surface area contributed by atoms with Crippen molar-refractivity contribution in [2.75, 3.05) is 0 Å². The molecule has 1 aromatic heterocycles. The van der Waals surface area contributed by atoms with Gasteiger partial charge in [-0.3, -0.25) is 0 Å². The summed E-state index contributed by atoms with van der Waals surface area (Å²) in [7, 11) is 0. The van der Waals surface area contributed by atoms with Crippen molar-refractivity contribution >= 4 is 37.5 Å². The van der Waals surface area contributed by atoms with E-state index in [0.29, 0.717) is 5.82 Å². The number of benzene rings is 5. The van der Waals surface area contributed by atoms with Crippen molar-refractivity contribution in [3.05, 3.63) is 114 Å². The van der Waals surface area contributed by atoms with Crippen LogP contribution < -0.4 is 0 Å². The summed E-state index contributed by atoms with van der Waals surface area (Å²) in [6.45, 7) is 0. The molecule has 0 spiro atoms. The largest absolute Gasteiger partial charge is 0.212 e. The number of aromatic nitrogens is 3. The molecule has 0 aliphatic heterocycles. The second kappa shape index (κ2) is 7.74. The van der Waals surface area contributed by atoms with E-state index in [9.17, 15) is 0 Å². The number of halogens is 1. The Hall–Kier alpha value is -3.76. The predicted octanol–water partition coefficient (Wildman–Crippen LogP) is 7.67. The summed E-state index contributed by atoms with van der Waals surface area (Å²) in [5, 5.41) is 9.66. The Balaban J connectivity index is 1.67. The van der Waals surface area contributed by atoms with Gasteiger partial charge in [-0.1, -0.05) is 107 Å². The van der Waals surface area contributed by atoms with E-state index in [4.69, 9.17) is 10.1 Å². The molecule has 0 saturated heterocycles. The standard InChI is InChI=1S/C28H18BrN3/c29-22-17-15-21(16-18-22)27-30-28(25-13-5-9-19-7-1-3-11-23(19)25)32(31-27)26-14-6-10-20-8-2-4-12-24(20)26/h1-18H. The second-order valence-corrected chi connectivity index (χ2v) is 8.62. The van der Waals surface area contributed by atoms with E-state index in [2.05, 4.69) is 101 Å². The van der Waals surface area contributed by atoms with Crippen LogP contribution in [0, 0.1) is 0 Å². The normalized spacial score (nSPS) is 11.3. The molecule has 1 heterocycles. The van der Waals surface area contributed by atoms with Gasteiger partial charge in [-0.2, -0.15) is 0 Å². The van der Waals surface area contributed by atoms with Gasteiger partial charge in [-0.25, -0.2) is 9.67 Å². The van der Waals surface area contributed by atoms with Gasteiger partial charge < -0.3 is 0 Å². The first kappa shape index (κ1) is 19.0. The van der Waals surface area contributed by atoms with Gasteiger partial charge in [0.25, 0.3) is 0 Å². The van der Waals surface area contributed by atoms with E-state index in [-0.39, 0.29) is 0 Å². The molecule has 3 nitrogen and oxygen atoms in total. The SMILES string of the molecule is Brc1ccc(-c2nc(-c3cccc4ccccc34)n(-c3cccc4ccccc34)n2)cc1. The van der Waals surface area contributed by atoms with Gasteiger partial charge in [0.2, 0.25) is 0 Å². The Morgan fingerprint density at radius 3 is 2.00 bits per heavy atom. The second-order valence-electron chi connectivity index (χ2n) is 7.70. The van der Waals surface area contributed by atoms with E-state index in [1.54, 1.807) is 0 Å². The van der Waals surface area contributed by atoms with Crippen LogP contribution in [0.1, 0.15) is 0 Å². The van der Waals surface area contributed by atoms with Crippen molar-refractivity contribution in [1.82, 2.24) is 14.8 Å². The van der Waals surface area contributed by atoms with Gasteiger partial charge in [0.15, 0.2) is 11.6 Å². The average molecular weight is 476 g/mol. The van der Waals surface area contributed by atoms with Crippen LogP contribution >= 0.6 is 15.9 Å². The molecule has 5 aromatic carbocycles. The summed E-state index contributed by atoms with van der Waals surface area (Å²) in [6, 6.07) is 37.6. The third-order valence-electron chi connectivity index (χ3n) is 5.73. The van der Waals surface area contributed by atoms with E-state index >= 15 is 0 Å². The van der Waals surface area contributed by atoms with Crippen LogP contribution in [-0.4, -0.2) is 14.8 Å². The highest BCUT2D eigenvalue weighted by Gasteiger charge is 2.18. The number of nitrogens with zero attached hydrogens (tertiary/aromatic N) is 3. The molecule has 0 atom stereocenters. The maximum absolute atomic E-state index is 5.05. The fourth-order valence-electron chi connectivity index (χ4n) is 4.19. The summed E-state index contributed by atoms with van der Waals surface area (Å²) in [6.07, 6.45) is 0. The smallest absolute Gasteiger partial charge is 0.182 e. The quantitative estimate of drug-likeness (QED) is 0.262. The number of fused-ring (bicyclic) bond motifs is 2. The van der Waals surface area contributed by atoms with Crippen molar-refractivity contribution in [2.45, 2.75) is 0 Å². The van der Waals surface area contributed by atoms with Gasteiger partial charge in [-0.15, -0.1) is 5.10 Å². The zero-order valence-electron chi connectivity index (χ0n) is 17.1. The number of hydrogen-bond donors (Lipinski definition) is 0. The minimum Gasteiger partial charge on any atom is -0.212 e. The maximum atomic E-state index is 5.05. The van der Waals surface area contributed by atoms with Crippen molar-refractivity contribution in [1.29, 1.82) is 0 Å². The highest BCUT2D eigenvalue weighted by molar-refractivity contribution is 9.10. The van der Waals surface area contributed by atoms with Crippen LogP contribution in [0.3, 0.4) is 0 Å². The molecule has 152 valence electrons. The van der Waals surface area contributed by atoms with Crippen LogP contribution in [0.15, 0.2) is 114 Å². The number of rotatable bonds is 3. The fourth-order valence-corrected chi connectivity index (χ4v) is 4.45. The fraction of sp³-hybridized carbons (Fsp3) is 0. The first-order valence-corrected chi connectivity index (χ1v) is 11.3. The third-order valence-corrected chi connectivity index (χ3v) is 6.26. The first-order valence-electron chi connectivity index (χ1n) is 10.5. The molecule has 6 rings (SSSR count).